The Bertz CT molecular complexity index is 1020. The van der Waals surface area contributed by atoms with Crippen LogP contribution in [0.25, 0.3) is 11.3 Å². The van der Waals surface area contributed by atoms with Crippen molar-refractivity contribution in [2.75, 3.05) is 23.3 Å². The maximum absolute atomic E-state index is 13.0. The van der Waals surface area contributed by atoms with E-state index in [1.807, 2.05) is 36.4 Å². The van der Waals surface area contributed by atoms with Crippen molar-refractivity contribution < 1.29 is 13.9 Å². The zero-order valence-electron chi connectivity index (χ0n) is 18.1. The van der Waals surface area contributed by atoms with E-state index in [0.717, 1.165) is 30.2 Å². The molecule has 1 saturated heterocycles. The van der Waals surface area contributed by atoms with Crippen molar-refractivity contribution in [3.8, 4) is 17.0 Å². The number of ether oxygens (including phenoxy) is 1. The molecule has 1 atom stereocenters. The van der Waals surface area contributed by atoms with Crippen molar-refractivity contribution in [2.24, 2.45) is 0 Å². The lowest BCUT2D eigenvalue weighted by Gasteiger charge is -2.20. The predicted molar refractivity (Wildman–Crippen MR) is 123 cm³/mol. The van der Waals surface area contributed by atoms with Crippen LogP contribution >= 0.6 is 0 Å². The van der Waals surface area contributed by atoms with E-state index in [-0.39, 0.29) is 11.7 Å². The highest BCUT2D eigenvalue weighted by Gasteiger charge is 2.15. The van der Waals surface area contributed by atoms with Crippen LogP contribution in [0.4, 0.5) is 15.9 Å². The highest BCUT2D eigenvalue weighted by molar-refractivity contribution is 5.94. The van der Waals surface area contributed by atoms with Gasteiger partial charge in [-0.3, -0.25) is 4.79 Å². The summed E-state index contributed by atoms with van der Waals surface area (Å²) in [5.41, 5.74) is 2.37. The van der Waals surface area contributed by atoms with Crippen LogP contribution in [0, 0.1) is 5.82 Å². The number of nitrogens with one attached hydrogen (secondary N) is 1. The molecule has 4 rings (SSSR count). The minimum absolute atomic E-state index is 0.288. The molecular formula is C25H27FN4O2. The number of hydrogen-bond acceptors (Lipinski definition) is 5. The second-order valence-corrected chi connectivity index (χ2v) is 7.96. The molecule has 0 aliphatic carbocycles. The Hall–Kier alpha value is -3.48. The van der Waals surface area contributed by atoms with Crippen LogP contribution in [0.3, 0.4) is 0 Å². The van der Waals surface area contributed by atoms with Gasteiger partial charge in [0.1, 0.15) is 11.6 Å². The van der Waals surface area contributed by atoms with E-state index in [1.165, 1.54) is 49.9 Å². The molecule has 3 aromatic rings. The SMILES string of the molecule is CC(Oc1ccc(F)cc1)C(=O)Nc1ccc(-c2ccc(N3CCCCCC3)nn2)cc1. The second kappa shape index (κ2) is 10.2. The maximum Gasteiger partial charge on any atom is 0.265 e. The Morgan fingerprint density at radius 1 is 0.938 bits per heavy atom. The first-order chi connectivity index (χ1) is 15.6. The second-order valence-electron chi connectivity index (χ2n) is 7.96. The summed E-state index contributed by atoms with van der Waals surface area (Å²) >= 11 is 0. The summed E-state index contributed by atoms with van der Waals surface area (Å²) in [7, 11) is 0. The van der Waals surface area contributed by atoms with E-state index in [1.54, 1.807) is 6.92 Å². The van der Waals surface area contributed by atoms with Crippen LogP contribution in [-0.2, 0) is 4.79 Å². The molecule has 2 heterocycles. The molecule has 6 nitrogen and oxygen atoms in total. The smallest absolute Gasteiger partial charge is 0.265 e. The fourth-order valence-corrected chi connectivity index (χ4v) is 3.69. The number of hydrogen-bond donors (Lipinski definition) is 1. The third-order valence-corrected chi connectivity index (χ3v) is 5.52. The molecule has 0 bridgehead atoms. The number of rotatable bonds is 6. The van der Waals surface area contributed by atoms with Crippen LogP contribution in [0.1, 0.15) is 32.6 Å². The lowest BCUT2D eigenvalue weighted by molar-refractivity contribution is -0.122. The number of nitrogens with zero attached hydrogens (tertiary/aromatic N) is 3. The fraction of sp³-hybridized carbons (Fsp3) is 0.320. The molecule has 2 aromatic carbocycles. The molecular weight excluding hydrogens is 407 g/mol. The highest BCUT2D eigenvalue weighted by Crippen LogP contribution is 2.22. The van der Waals surface area contributed by atoms with E-state index in [9.17, 15) is 9.18 Å². The molecule has 1 amide bonds. The number of carbonyl (C=O) groups is 1. The van der Waals surface area contributed by atoms with Crippen molar-refractivity contribution >= 4 is 17.4 Å². The lowest BCUT2D eigenvalue weighted by atomic mass is 10.1. The summed E-state index contributed by atoms with van der Waals surface area (Å²) in [4.78, 5) is 14.7. The quantitative estimate of drug-likeness (QED) is 0.587. The zero-order valence-corrected chi connectivity index (χ0v) is 18.1. The Morgan fingerprint density at radius 3 is 2.25 bits per heavy atom. The van der Waals surface area contributed by atoms with Crippen molar-refractivity contribution in [1.29, 1.82) is 0 Å². The molecule has 0 radical (unpaired) electrons. The molecule has 0 spiro atoms. The Balaban J connectivity index is 1.35. The van der Waals surface area contributed by atoms with Gasteiger partial charge in [-0.2, -0.15) is 0 Å². The molecule has 1 aliphatic heterocycles. The normalized spacial score (nSPS) is 15.0. The Kier molecular flexibility index (Phi) is 6.94. The van der Waals surface area contributed by atoms with Crippen LogP contribution in [0.15, 0.2) is 60.7 Å². The van der Waals surface area contributed by atoms with Gasteiger partial charge in [-0.25, -0.2) is 4.39 Å². The molecule has 1 unspecified atom stereocenters. The number of amides is 1. The first-order valence-corrected chi connectivity index (χ1v) is 11.0. The van der Waals surface area contributed by atoms with Gasteiger partial charge in [0.2, 0.25) is 0 Å². The molecule has 166 valence electrons. The van der Waals surface area contributed by atoms with Gasteiger partial charge in [-0.05, 0) is 68.3 Å². The molecule has 32 heavy (non-hydrogen) atoms. The first kappa shape index (κ1) is 21.7. The van der Waals surface area contributed by atoms with Crippen molar-refractivity contribution in [3.63, 3.8) is 0 Å². The van der Waals surface area contributed by atoms with E-state index in [0.29, 0.717) is 11.4 Å². The molecule has 1 fully saturated rings. The predicted octanol–water partition coefficient (Wildman–Crippen LogP) is 5.07. The fourth-order valence-electron chi connectivity index (χ4n) is 3.69. The van der Waals surface area contributed by atoms with Crippen LogP contribution in [0.5, 0.6) is 5.75 Å². The summed E-state index contributed by atoms with van der Waals surface area (Å²) in [5.74, 6) is 0.723. The number of halogens is 1. The lowest BCUT2D eigenvalue weighted by Crippen LogP contribution is -2.30. The molecule has 0 saturated carbocycles. The average Bonchev–Trinajstić information content (AvgIpc) is 3.11. The Labute approximate surface area is 187 Å². The van der Waals surface area contributed by atoms with E-state index in [2.05, 4.69) is 20.4 Å². The molecule has 1 aromatic heterocycles. The summed E-state index contributed by atoms with van der Waals surface area (Å²) in [6.45, 7) is 3.71. The van der Waals surface area contributed by atoms with Gasteiger partial charge >= 0.3 is 0 Å². The van der Waals surface area contributed by atoms with Gasteiger partial charge in [-0.15, -0.1) is 10.2 Å². The van der Waals surface area contributed by atoms with Crippen molar-refractivity contribution in [1.82, 2.24) is 10.2 Å². The third kappa shape index (κ3) is 5.60. The number of carbonyl (C=O) groups excluding carboxylic acids is 1. The minimum Gasteiger partial charge on any atom is -0.481 e. The van der Waals surface area contributed by atoms with Gasteiger partial charge in [0.15, 0.2) is 11.9 Å². The van der Waals surface area contributed by atoms with Crippen molar-refractivity contribution in [2.45, 2.75) is 38.7 Å². The summed E-state index contributed by atoms with van der Waals surface area (Å²) in [5, 5.41) is 11.7. The summed E-state index contributed by atoms with van der Waals surface area (Å²) in [6.07, 6.45) is 4.23. The maximum atomic E-state index is 13.0. The van der Waals surface area contributed by atoms with E-state index in [4.69, 9.17) is 4.74 Å². The number of anilines is 2. The van der Waals surface area contributed by atoms with Gasteiger partial charge in [0, 0.05) is 24.3 Å². The topological polar surface area (TPSA) is 67.3 Å². The standard InChI is InChI=1S/C25H27FN4O2/c1-18(32-22-12-8-20(26)9-13-22)25(31)27-21-10-6-19(7-11-21)23-14-15-24(29-28-23)30-16-4-2-3-5-17-30/h6-15,18H,2-5,16-17H2,1H3,(H,27,31). The van der Waals surface area contributed by atoms with E-state index >= 15 is 0 Å². The molecule has 1 aliphatic rings. The average molecular weight is 435 g/mol. The third-order valence-electron chi connectivity index (χ3n) is 5.52. The van der Waals surface area contributed by atoms with Crippen molar-refractivity contribution in [3.05, 3.63) is 66.5 Å². The van der Waals surface area contributed by atoms with Crippen LogP contribution in [-0.4, -0.2) is 35.3 Å². The Morgan fingerprint density at radius 2 is 1.62 bits per heavy atom. The van der Waals surface area contributed by atoms with Gasteiger partial charge in [0.25, 0.3) is 5.91 Å². The van der Waals surface area contributed by atoms with Crippen LogP contribution in [0.2, 0.25) is 0 Å². The minimum atomic E-state index is -0.725. The van der Waals surface area contributed by atoms with Gasteiger partial charge in [-0.1, -0.05) is 25.0 Å². The number of aromatic nitrogens is 2. The first-order valence-electron chi connectivity index (χ1n) is 11.0. The summed E-state index contributed by atoms with van der Waals surface area (Å²) < 4.78 is 18.6. The largest absolute Gasteiger partial charge is 0.481 e. The summed E-state index contributed by atoms with van der Waals surface area (Å²) in [6, 6.07) is 17.0. The monoisotopic (exact) mass is 434 g/mol. The molecule has 7 heteroatoms. The van der Waals surface area contributed by atoms with Crippen LogP contribution < -0.4 is 15.0 Å². The zero-order chi connectivity index (χ0) is 22.3. The van der Waals surface area contributed by atoms with E-state index < -0.39 is 6.10 Å². The molecule has 1 N–H and O–H groups in total. The van der Waals surface area contributed by atoms with Gasteiger partial charge < -0.3 is 15.0 Å². The van der Waals surface area contributed by atoms with Gasteiger partial charge in [0.05, 0.1) is 5.69 Å². The highest BCUT2D eigenvalue weighted by atomic mass is 19.1. The number of benzene rings is 2.